The average Bonchev–Trinajstić information content (AvgIpc) is 2.77. The Kier molecular flexibility index (Phi) is 3.57. The lowest BCUT2D eigenvalue weighted by Crippen LogP contribution is -2.15. The number of aryl methyl sites for hydroxylation is 2. The summed E-state index contributed by atoms with van der Waals surface area (Å²) in [4.78, 5) is 24.1. The van der Waals surface area contributed by atoms with Crippen LogP contribution in [0.5, 0.6) is 0 Å². The average molecular weight is 294 g/mol. The topological polar surface area (TPSA) is 54.4 Å². The van der Waals surface area contributed by atoms with Crippen LogP contribution in [0.3, 0.4) is 0 Å². The summed E-state index contributed by atoms with van der Waals surface area (Å²) in [6, 6.07) is 11.3. The Hall–Kier alpha value is -2.42. The maximum absolute atomic E-state index is 12.6. The van der Waals surface area contributed by atoms with Crippen molar-refractivity contribution in [3.05, 3.63) is 69.8 Å². The van der Waals surface area contributed by atoms with Crippen LogP contribution in [0.1, 0.15) is 43.0 Å². The molecule has 22 heavy (non-hydrogen) atoms. The highest BCUT2D eigenvalue weighted by atomic mass is 16.4. The van der Waals surface area contributed by atoms with Gasteiger partial charge in [-0.25, -0.2) is 4.79 Å². The molecule has 1 N–H and O–H groups in total. The van der Waals surface area contributed by atoms with Gasteiger partial charge >= 0.3 is 5.97 Å². The molecule has 3 rings (SSSR count). The maximum atomic E-state index is 12.6. The number of carboxylic acid groups (broad SMARTS) is 1. The van der Waals surface area contributed by atoms with Gasteiger partial charge in [0.1, 0.15) is 0 Å². The van der Waals surface area contributed by atoms with Gasteiger partial charge < -0.3 is 5.11 Å². The first-order chi connectivity index (χ1) is 10.5. The minimum Gasteiger partial charge on any atom is -0.478 e. The summed E-state index contributed by atoms with van der Waals surface area (Å²) >= 11 is 0. The van der Waals surface area contributed by atoms with Crippen LogP contribution in [-0.4, -0.2) is 16.9 Å². The van der Waals surface area contributed by atoms with Gasteiger partial charge in [0.2, 0.25) is 0 Å². The molecule has 0 bridgehead atoms. The molecule has 3 nitrogen and oxygen atoms in total. The van der Waals surface area contributed by atoms with Crippen molar-refractivity contribution in [2.24, 2.45) is 5.92 Å². The molecule has 0 aromatic heterocycles. The Bertz CT molecular complexity index is 774. The predicted molar refractivity (Wildman–Crippen MR) is 84.5 cm³/mol. The fraction of sp³-hybridized carbons (Fsp3) is 0.263. The lowest BCUT2D eigenvalue weighted by molar-refractivity contribution is 0.0693. The standard InChI is InChI=1S/C19H18O3/c1-11-5-4-8-15-16(11)10-14(18(15)20)9-13-7-3-6-12(2)17(13)19(21)22/h3-8,14H,9-10H2,1-2H3,(H,21,22). The van der Waals surface area contributed by atoms with Gasteiger partial charge in [0, 0.05) is 11.5 Å². The number of ketones is 1. The predicted octanol–water partition coefficient (Wildman–Crippen LogP) is 3.60. The Morgan fingerprint density at radius 2 is 1.82 bits per heavy atom. The number of rotatable bonds is 3. The minimum absolute atomic E-state index is 0.136. The molecule has 0 saturated carbocycles. The van der Waals surface area contributed by atoms with Crippen molar-refractivity contribution in [2.75, 3.05) is 0 Å². The van der Waals surface area contributed by atoms with Gasteiger partial charge in [0.15, 0.2) is 5.78 Å². The van der Waals surface area contributed by atoms with Gasteiger partial charge in [0.25, 0.3) is 0 Å². The normalized spacial score (nSPS) is 16.6. The number of benzene rings is 2. The lowest BCUT2D eigenvalue weighted by Gasteiger charge is -2.12. The number of Topliss-reactive ketones (excluding diaryl/α,β-unsaturated/α-hetero) is 1. The van der Waals surface area contributed by atoms with Gasteiger partial charge in [0.05, 0.1) is 5.56 Å². The van der Waals surface area contributed by atoms with Crippen LogP contribution >= 0.6 is 0 Å². The Balaban J connectivity index is 1.94. The van der Waals surface area contributed by atoms with E-state index in [0.29, 0.717) is 18.4 Å². The van der Waals surface area contributed by atoms with Gasteiger partial charge in [-0.2, -0.15) is 0 Å². The van der Waals surface area contributed by atoms with Crippen molar-refractivity contribution in [1.82, 2.24) is 0 Å². The number of carboxylic acids is 1. The highest BCUT2D eigenvalue weighted by Crippen LogP contribution is 2.32. The number of hydrogen-bond acceptors (Lipinski definition) is 2. The Morgan fingerprint density at radius 1 is 1.14 bits per heavy atom. The van der Waals surface area contributed by atoms with E-state index >= 15 is 0 Å². The van der Waals surface area contributed by atoms with Gasteiger partial charge in [-0.3, -0.25) is 4.79 Å². The molecule has 0 saturated heterocycles. The van der Waals surface area contributed by atoms with E-state index in [1.54, 1.807) is 13.0 Å². The molecule has 0 aliphatic heterocycles. The third-order valence-electron chi connectivity index (χ3n) is 4.54. The van der Waals surface area contributed by atoms with Crippen LogP contribution in [0.25, 0.3) is 0 Å². The zero-order valence-electron chi connectivity index (χ0n) is 12.7. The minimum atomic E-state index is -0.924. The molecule has 0 spiro atoms. The molecular weight excluding hydrogens is 276 g/mol. The van der Waals surface area contributed by atoms with Crippen LogP contribution in [0.15, 0.2) is 36.4 Å². The van der Waals surface area contributed by atoms with Crippen molar-refractivity contribution >= 4 is 11.8 Å². The molecule has 0 heterocycles. The molecule has 2 aromatic carbocycles. The van der Waals surface area contributed by atoms with Gasteiger partial charge in [-0.15, -0.1) is 0 Å². The third kappa shape index (κ3) is 2.33. The number of carbonyl (C=O) groups excluding carboxylic acids is 1. The fourth-order valence-electron chi connectivity index (χ4n) is 3.40. The van der Waals surface area contributed by atoms with E-state index in [1.165, 1.54) is 0 Å². The molecule has 3 heteroatoms. The van der Waals surface area contributed by atoms with Crippen molar-refractivity contribution in [1.29, 1.82) is 0 Å². The van der Waals surface area contributed by atoms with Crippen LogP contribution in [0.2, 0.25) is 0 Å². The second-order valence-corrected chi connectivity index (χ2v) is 5.98. The van der Waals surface area contributed by atoms with E-state index in [0.717, 1.165) is 27.8 Å². The van der Waals surface area contributed by atoms with Crippen molar-refractivity contribution in [3.8, 4) is 0 Å². The number of hydrogen-bond donors (Lipinski definition) is 1. The SMILES string of the molecule is Cc1cccc2c1CC(Cc1cccc(C)c1C(=O)O)C2=O. The molecule has 0 fully saturated rings. The van der Waals surface area contributed by atoms with E-state index < -0.39 is 5.97 Å². The first-order valence-corrected chi connectivity index (χ1v) is 7.43. The highest BCUT2D eigenvalue weighted by molar-refractivity contribution is 6.03. The van der Waals surface area contributed by atoms with E-state index in [9.17, 15) is 14.7 Å². The maximum Gasteiger partial charge on any atom is 0.336 e. The summed E-state index contributed by atoms with van der Waals surface area (Å²) in [6.45, 7) is 3.81. The zero-order chi connectivity index (χ0) is 15.9. The summed E-state index contributed by atoms with van der Waals surface area (Å²) in [6.07, 6.45) is 1.18. The number of fused-ring (bicyclic) bond motifs is 1. The number of aromatic carboxylic acids is 1. The van der Waals surface area contributed by atoms with E-state index in [-0.39, 0.29) is 11.7 Å². The quantitative estimate of drug-likeness (QED) is 0.941. The summed E-state index contributed by atoms with van der Waals surface area (Å²) in [5.41, 5.74) is 4.87. The van der Waals surface area contributed by atoms with Crippen LogP contribution < -0.4 is 0 Å². The zero-order valence-corrected chi connectivity index (χ0v) is 12.7. The van der Waals surface area contributed by atoms with Crippen LogP contribution in [0, 0.1) is 19.8 Å². The highest BCUT2D eigenvalue weighted by Gasteiger charge is 2.32. The first kappa shape index (κ1) is 14.5. The lowest BCUT2D eigenvalue weighted by atomic mass is 9.91. The molecule has 1 unspecified atom stereocenters. The largest absolute Gasteiger partial charge is 0.478 e. The fourth-order valence-corrected chi connectivity index (χ4v) is 3.40. The van der Waals surface area contributed by atoms with Crippen molar-refractivity contribution in [2.45, 2.75) is 26.7 Å². The molecule has 0 radical (unpaired) electrons. The van der Waals surface area contributed by atoms with E-state index in [1.807, 2.05) is 37.3 Å². The Labute approximate surface area is 129 Å². The van der Waals surface area contributed by atoms with Crippen LogP contribution in [-0.2, 0) is 12.8 Å². The summed E-state index contributed by atoms with van der Waals surface area (Å²) < 4.78 is 0. The molecule has 112 valence electrons. The summed E-state index contributed by atoms with van der Waals surface area (Å²) in [5.74, 6) is -0.945. The van der Waals surface area contributed by atoms with Crippen molar-refractivity contribution in [3.63, 3.8) is 0 Å². The second-order valence-electron chi connectivity index (χ2n) is 5.98. The first-order valence-electron chi connectivity index (χ1n) is 7.43. The van der Waals surface area contributed by atoms with Crippen LogP contribution in [0.4, 0.5) is 0 Å². The van der Waals surface area contributed by atoms with Gasteiger partial charge in [-0.05, 0) is 48.9 Å². The second kappa shape index (κ2) is 5.41. The Morgan fingerprint density at radius 3 is 2.50 bits per heavy atom. The molecule has 1 aliphatic carbocycles. The molecule has 2 aromatic rings. The molecule has 1 aliphatic rings. The van der Waals surface area contributed by atoms with E-state index in [2.05, 4.69) is 0 Å². The van der Waals surface area contributed by atoms with Crippen molar-refractivity contribution < 1.29 is 14.7 Å². The van der Waals surface area contributed by atoms with Gasteiger partial charge in [-0.1, -0.05) is 36.4 Å². The number of carbonyl (C=O) groups is 2. The molecule has 0 amide bonds. The summed E-state index contributed by atoms with van der Waals surface area (Å²) in [7, 11) is 0. The van der Waals surface area contributed by atoms with E-state index in [4.69, 9.17) is 0 Å². The smallest absolute Gasteiger partial charge is 0.336 e. The summed E-state index contributed by atoms with van der Waals surface area (Å²) in [5, 5.41) is 9.42. The molecule has 1 atom stereocenters. The molecular formula is C19H18O3. The monoisotopic (exact) mass is 294 g/mol. The third-order valence-corrected chi connectivity index (χ3v) is 4.54.